The Morgan fingerprint density at radius 2 is 2.16 bits per heavy atom. The minimum atomic E-state index is -0.594. The van der Waals surface area contributed by atoms with Gasteiger partial charge >= 0.3 is 0 Å². The quantitative estimate of drug-likeness (QED) is 0.540. The zero-order chi connectivity index (χ0) is 14.3. The van der Waals surface area contributed by atoms with Crippen molar-refractivity contribution in [1.29, 1.82) is 0 Å². The van der Waals surface area contributed by atoms with Crippen LogP contribution >= 0.6 is 0 Å². The van der Waals surface area contributed by atoms with Crippen LogP contribution in [-0.4, -0.2) is 56.7 Å². The molecule has 0 heterocycles. The van der Waals surface area contributed by atoms with Gasteiger partial charge in [-0.2, -0.15) is 0 Å². The van der Waals surface area contributed by atoms with Crippen LogP contribution in [0.4, 0.5) is 0 Å². The minimum Gasteiger partial charge on any atom is -0.380 e. The molecule has 1 atom stereocenters. The van der Waals surface area contributed by atoms with Crippen LogP contribution in [0.15, 0.2) is 0 Å². The summed E-state index contributed by atoms with van der Waals surface area (Å²) >= 11 is 0. The Hall–Kier alpha value is -0.650. The summed E-state index contributed by atoms with van der Waals surface area (Å²) in [6.07, 6.45) is 4.38. The van der Waals surface area contributed by atoms with Gasteiger partial charge in [0, 0.05) is 13.2 Å². The molecule has 0 aromatic carbocycles. The van der Waals surface area contributed by atoms with E-state index in [1.54, 1.807) is 7.05 Å². The molecule has 0 aliphatic heterocycles. The van der Waals surface area contributed by atoms with Gasteiger partial charge in [-0.05, 0) is 59.2 Å². The first-order valence-electron chi connectivity index (χ1n) is 7.23. The average Bonchev–Trinajstić information content (AvgIpc) is 3.18. The fraction of sp³-hybridized carbons (Fsp3) is 0.929. The number of hydrogen-bond acceptors (Lipinski definition) is 4. The predicted molar refractivity (Wildman–Crippen MR) is 76.9 cm³/mol. The summed E-state index contributed by atoms with van der Waals surface area (Å²) in [5, 5.41) is 3.01. The first kappa shape index (κ1) is 16.4. The van der Waals surface area contributed by atoms with Gasteiger partial charge < -0.3 is 20.7 Å². The number of ether oxygens (including phenoxy) is 1. The summed E-state index contributed by atoms with van der Waals surface area (Å²) in [7, 11) is 3.86. The van der Waals surface area contributed by atoms with Crippen LogP contribution in [0.1, 0.15) is 32.6 Å². The van der Waals surface area contributed by atoms with Crippen molar-refractivity contribution in [2.45, 2.75) is 38.1 Å². The number of amides is 1. The van der Waals surface area contributed by atoms with Crippen LogP contribution in [0, 0.1) is 5.92 Å². The van der Waals surface area contributed by atoms with Crippen molar-refractivity contribution >= 4 is 5.91 Å². The Morgan fingerprint density at radius 1 is 1.47 bits per heavy atom. The molecule has 112 valence electrons. The third-order valence-electron chi connectivity index (χ3n) is 3.98. The average molecular weight is 271 g/mol. The smallest absolute Gasteiger partial charge is 0.237 e. The summed E-state index contributed by atoms with van der Waals surface area (Å²) in [6, 6.07) is 0. The summed E-state index contributed by atoms with van der Waals surface area (Å²) in [5.41, 5.74) is 4.80. The van der Waals surface area contributed by atoms with Gasteiger partial charge in [-0.3, -0.25) is 4.79 Å². The molecule has 0 spiro atoms. The highest BCUT2D eigenvalue weighted by molar-refractivity contribution is 5.84. The molecule has 1 amide bonds. The van der Waals surface area contributed by atoms with E-state index in [1.165, 1.54) is 12.8 Å². The van der Waals surface area contributed by atoms with Crippen LogP contribution in [0.3, 0.4) is 0 Å². The molecule has 5 nitrogen and oxygen atoms in total. The highest BCUT2D eigenvalue weighted by atomic mass is 16.5. The Balaban J connectivity index is 2.04. The number of nitrogens with one attached hydrogen (secondary N) is 1. The van der Waals surface area contributed by atoms with E-state index in [0.717, 1.165) is 45.1 Å². The van der Waals surface area contributed by atoms with E-state index in [1.807, 2.05) is 6.92 Å². The van der Waals surface area contributed by atoms with Crippen molar-refractivity contribution in [3.8, 4) is 0 Å². The van der Waals surface area contributed by atoms with Gasteiger partial charge in [0.1, 0.15) is 0 Å². The van der Waals surface area contributed by atoms with Gasteiger partial charge in [0.2, 0.25) is 5.91 Å². The van der Waals surface area contributed by atoms with Crippen LogP contribution in [-0.2, 0) is 9.53 Å². The minimum absolute atomic E-state index is 0.287. The number of rotatable bonds is 11. The molecule has 0 bridgehead atoms. The molecular formula is C14H29N3O2. The fourth-order valence-electron chi connectivity index (χ4n) is 1.94. The van der Waals surface area contributed by atoms with Crippen molar-refractivity contribution < 1.29 is 9.53 Å². The van der Waals surface area contributed by atoms with Crippen molar-refractivity contribution in [3.05, 3.63) is 0 Å². The summed E-state index contributed by atoms with van der Waals surface area (Å²) < 4.78 is 5.61. The highest BCUT2D eigenvalue weighted by Gasteiger charge is 2.28. The number of likely N-dealkylation sites (N-methyl/N-ethyl adjacent to an activating group) is 2. The largest absolute Gasteiger partial charge is 0.380 e. The molecule has 0 saturated heterocycles. The molecule has 1 aliphatic carbocycles. The lowest BCUT2D eigenvalue weighted by Crippen LogP contribution is -2.51. The maximum atomic E-state index is 11.3. The van der Waals surface area contributed by atoms with Gasteiger partial charge in [0.25, 0.3) is 0 Å². The van der Waals surface area contributed by atoms with Gasteiger partial charge in [-0.25, -0.2) is 0 Å². The first-order valence-corrected chi connectivity index (χ1v) is 7.23. The van der Waals surface area contributed by atoms with Gasteiger partial charge in [0.05, 0.1) is 12.1 Å². The molecule has 1 aliphatic rings. The normalized spacial score (nSPS) is 18.5. The topological polar surface area (TPSA) is 67.6 Å². The maximum Gasteiger partial charge on any atom is 0.237 e. The molecule has 1 saturated carbocycles. The zero-order valence-electron chi connectivity index (χ0n) is 12.6. The summed E-state index contributed by atoms with van der Waals surface area (Å²) in [6.45, 7) is 5.48. The number of hydrogen-bond donors (Lipinski definition) is 2. The number of nitrogens with zero attached hydrogens (tertiary/aromatic N) is 1. The van der Waals surface area contributed by atoms with Crippen LogP contribution in [0.25, 0.3) is 0 Å². The molecule has 5 heteroatoms. The van der Waals surface area contributed by atoms with Gasteiger partial charge in [-0.1, -0.05) is 0 Å². The Morgan fingerprint density at radius 3 is 2.68 bits per heavy atom. The molecular weight excluding hydrogens is 242 g/mol. The first-order chi connectivity index (χ1) is 8.98. The van der Waals surface area contributed by atoms with Crippen molar-refractivity contribution in [2.75, 3.05) is 40.4 Å². The number of primary amides is 1. The van der Waals surface area contributed by atoms with E-state index in [2.05, 4.69) is 17.3 Å². The number of carbonyl (C=O) groups excluding carboxylic acids is 1. The van der Waals surface area contributed by atoms with Crippen molar-refractivity contribution in [1.82, 2.24) is 10.2 Å². The molecule has 1 unspecified atom stereocenters. The molecule has 0 radical (unpaired) electrons. The molecule has 1 fully saturated rings. The summed E-state index contributed by atoms with van der Waals surface area (Å²) in [5.74, 6) is 0.544. The predicted octanol–water partition coefficient (Wildman–Crippen LogP) is 0.588. The third-order valence-corrected chi connectivity index (χ3v) is 3.98. The van der Waals surface area contributed by atoms with E-state index < -0.39 is 5.54 Å². The van der Waals surface area contributed by atoms with E-state index in [0.29, 0.717) is 0 Å². The number of nitrogens with two attached hydrogens (primary N) is 1. The van der Waals surface area contributed by atoms with E-state index in [9.17, 15) is 4.79 Å². The second-order valence-corrected chi connectivity index (χ2v) is 5.87. The second-order valence-electron chi connectivity index (χ2n) is 5.87. The SMILES string of the molecule is CNC(C)(CCCN(C)CCOCC1CC1)C(N)=O. The Labute approximate surface area is 116 Å². The monoisotopic (exact) mass is 271 g/mol. The molecule has 1 rings (SSSR count). The maximum absolute atomic E-state index is 11.3. The fourth-order valence-corrected chi connectivity index (χ4v) is 1.94. The molecule has 0 aromatic rings. The van der Waals surface area contributed by atoms with E-state index in [4.69, 9.17) is 10.5 Å². The van der Waals surface area contributed by atoms with Crippen LogP contribution in [0.5, 0.6) is 0 Å². The molecule has 3 N–H and O–H groups in total. The zero-order valence-corrected chi connectivity index (χ0v) is 12.6. The Kier molecular flexibility index (Phi) is 6.75. The number of carbonyl (C=O) groups is 1. The van der Waals surface area contributed by atoms with Crippen LogP contribution in [0.2, 0.25) is 0 Å². The van der Waals surface area contributed by atoms with Gasteiger partial charge in [-0.15, -0.1) is 0 Å². The highest BCUT2D eigenvalue weighted by Crippen LogP contribution is 2.28. The van der Waals surface area contributed by atoms with Gasteiger partial charge in [0.15, 0.2) is 0 Å². The van der Waals surface area contributed by atoms with Crippen molar-refractivity contribution in [2.24, 2.45) is 11.7 Å². The standard InChI is InChI=1S/C14H29N3O2/c1-14(16-2,13(15)18)7-4-8-17(3)9-10-19-11-12-5-6-12/h12,16H,4-11H2,1-3H3,(H2,15,18). The van der Waals surface area contributed by atoms with E-state index >= 15 is 0 Å². The molecule has 19 heavy (non-hydrogen) atoms. The summed E-state index contributed by atoms with van der Waals surface area (Å²) in [4.78, 5) is 13.6. The lowest BCUT2D eigenvalue weighted by atomic mass is 9.95. The third kappa shape index (κ3) is 6.36. The Bertz CT molecular complexity index is 282. The second kappa shape index (κ2) is 7.82. The lowest BCUT2D eigenvalue weighted by molar-refractivity contribution is -0.123. The lowest BCUT2D eigenvalue weighted by Gasteiger charge is -2.26. The molecule has 0 aromatic heterocycles. The van der Waals surface area contributed by atoms with Crippen molar-refractivity contribution in [3.63, 3.8) is 0 Å². The van der Waals surface area contributed by atoms with E-state index in [-0.39, 0.29) is 5.91 Å². The van der Waals surface area contributed by atoms with Crippen LogP contribution < -0.4 is 11.1 Å².